The number of ether oxygens (including phenoxy) is 1. The zero-order valence-electron chi connectivity index (χ0n) is 13.8. The van der Waals surface area contributed by atoms with E-state index in [0.29, 0.717) is 19.0 Å². The lowest BCUT2D eigenvalue weighted by Crippen LogP contribution is -2.41. The molecule has 0 bridgehead atoms. The first-order valence-electron chi connectivity index (χ1n) is 7.40. The van der Waals surface area contributed by atoms with E-state index in [4.69, 9.17) is 4.74 Å². The predicted molar refractivity (Wildman–Crippen MR) is 102 cm³/mol. The number of thioether (sulfide) groups is 2. The Balaban J connectivity index is 0.00000264. The van der Waals surface area contributed by atoms with Crippen molar-refractivity contribution in [1.82, 2.24) is 10.2 Å². The van der Waals surface area contributed by atoms with Crippen LogP contribution in [0.15, 0.2) is 23.1 Å². The van der Waals surface area contributed by atoms with Gasteiger partial charge in [-0.25, -0.2) is 0 Å². The Morgan fingerprint density at radius 2 is 2.30 bits per heavy atom. The number of rotatable bonds is 6. The van der Waals surface area contributed by atoms with Gasteiger partial charge < -0.3 is 15.0 Å². The number of methoxy groups -OCH3 is 1. The van der Waals surface area contributed by atoms with Crippen molar-refractivity contribution in [1.29, 1.82) is 0 Å². The molecule has 0 spiro atoms. The van der Waals surface area contributed by atoms with Gasteiger partial charge in [-0.2, -0.15) is 11.8 Å². The van der Waals surface area contributed by atoms with Crippen molar-refractivity contribution in [2.75, 3.05) is 38.5 Å². The van der Waals surface area contributed by atoms with Crippen molar-refractivity contribution in [2.45, 2.75) is 23.9 Å². The summed E-state index contributed by atoms with van der Waals surface area (Å²) >= 11 is 3.58. The van der Waals surface area contributed by atoms with Gasteiger partial charge in [-0.15, -0.1) is 24.2 Å². The second-order valence-electron chi connectivity index (χ2n) is 5.37. The van der Waals surface area contributed by atoms with Crippen LogP contribution >= 0.6 is 35.9 Å². The van der Waals surface area contributed by atoms with Crippen LogP contribution in [0.25, 0.3) is 0 Å². The van der Waals surface area contributed by atoms with Crippen molar-refractivity contribution in [2.24, 2.45) is 0 Å². The zero-order chi connectivity index (χ0) is 15.9. The second kappa shape index (κ2) is 10.3. The maximum absolute atomic E-state index is 12.3. The summed E-state index contributed by atoms with van der Waals surface area (Å²) in [6.07, 6.45) is 2.60. The second-order valence-corrected chi connectivity index (χ2v) is 7.37. The Morgan fingerprint density at radius 3 is 2.91 bits per heavy atom. The Bertz CT molecular complexity index is 511. The molecule has 130 valence electrons. The number of hydrogen-bond donors (Lipinski definition) is 1. The van der Waals surface area contributed by atoms with Gasteiger partial charge in [0.1, 0.15) is 5.75 Å². The summed E-state index contributed by atoms with van der Waals surface area (Å²) in [5.74, 6) is 3.22. The lowest BCUT2D eigenvalue weighted by molar-refractivity contribution is -0.130. The highest BCUT2D eigenvalue weighted by molar-refractivity contribution is 7.99. The molecule has 1 atom stereocenters. The van der Waals surface area contributed by atoms with Gasteiger partial charge in [-0.1, -0.05) is 6.07 Å². The van der Waals surface area contributed by atoms with Crippen molar-refractivity contribution in [3.8, 4) is 5.75 Å². The van der Waals surface area contributed by atoms with Crippen molar-refractivity contribution >= 4 is 41.8 Å². The van der Waals surface area contributed by atoms with Gasteiger partial charge >= 0.3 is 0 Å². The summed E-state index contributed by atoms with van der Waals surface area (Å²) in [6.45, 7) is 1.61. The average Bonchev–Trinajstić information content (AvgIpc) is 2.55. The van der Waals surface area contributed by atoms with Gasteiger partial charge in [0.25, 0.3) is 0 Å². The van der Waals surface area contributed by atoms with Crippen LogP contribution in [0, 0.1) is 0 Å². The van der Waals surface area contributed by atoms with E-state index in [-0.39, 0.29) is 18.3 Å². The third-order valence-corrected chi connectivity index (χ3v) is 5.62. The molecule has 2 rings (SSSR count). The number of amides is 1. The van der Waals surface area contributed by atoms with Crippen LogP contribution in [0.5, 0.6) is 5.75 Å². The molecule has 0 aromatic heterocycles. The molecule has 1 amide bonds. The molecule has 1 fully saturated rings. The lowest BCUT2D eigenvalue weighted by Gasteiger charge is -2.25. The Hall–Kier alpha value is -0.560. The summed E-state index contributed by atoms with van der Waals surface area (Å²) in [5.41, 5.74) is 1.09. The number of nitrogens with one attached hydrogen (secondary N) is 1. The molecule has 0 saturated carbocycles. The average molecular weight is 377 g/mol. The standard InChI is InChI=1S/C16H24N2O2S2.ClH/c1-18(16(19)9-13-11-22-7-6-17-13)10-12-4-5-15(21-3)14(8-12)20-2;/h4-5,8,13,17H,6-7,9-11H2,1-3H3;1H. The van der Waals surface area contributed by atoms with E-state index in [9.17, 15) is 4.79 Å². The lowest BCUT2D eigenvalue weighted by atomic mass is 10.1. The third kappa shape index (κ3) is 6.10. The van der Waals surface area contributed by atoms with E-state index in [0.717, 1.165) is 34.3 Å². The van der Waals surface area contributed by atoms with Gasteiger partial charge in [0.05, 0.1) is 7.11 Å². The SMILES string of the molecule is COc1cc(CN(C)C(=O)CC2CSCCN2)ccc1SC.Cl. The number of carbonyl (C=O) groups excluding carboxylic acids is 1. The minimum atomic E-state index is 0. The van der Waals surface area contributed by atoms with Crippen molar-refractivity contribution in [3.05, 3.63) is 23.8 Å². The Morgan fingerprint density at radius 1 is 1.52 bits per heavy atom. The number of hydrogen-bond acceptors (Lipinski definition) is 5. The maximum Gasteiger partial charge on any atom is 0.224 e. The molecule has 1 unspecified atom stereocenters. The fraction of sp³-hybridized carbons (Fsp3) is 0.562. The Kier molecular flexibility index (Phi) is 9.20. The fourth-order valence-corrected chi connectivity index (χ4v) is 3.96. The molecule has 1 N–H and O–H groups in total. The van der Waals surface area contributed by atoms with Gasteiger partial charge in [0.15, 0.2) is 0 Å². The smallest absolute Gasteiger partial charge is 0.224 e. The van der Waals surface area contributed by atoms with E-state index < -0.39 is 0 Å². The third-order valence-electron chi connectivity index (χ3n) is 3.71. The normalized spacial score (nSPS) is 17.3. The molecule has 23 heavy (non-hydrogen) atoms. The van der Waals surface area contributed by atoms with Crippen molar-refractivity contribution in [3.63, 3.8) is 0 Å². The molecule has 1 saturated heterocycles. The zero-order valence-corrected chi connectivity index (χ0v) is 16.3. The molecule has 1 heterocycles. The topological polar surface area (TPSA) is 41.6 Å². The first-order valence-corrected chi connectivity index (χ1v) is 9.78. The molecular formula is C16H25ClN2O2S2. The highest BCUT2D eigenvalue weighted by atomic mass is 35.5. The minimum Gasteiger partial charge on any atom is -0.496 e. The van der Waals surface area contributed by atoms with Gasteiger partial charge in [0, 0.05) is 49.0 Å². The first kappa shape index (κ1) is 20.5. The van der Waals surface area contributed by atoms with Gasteiger partial charge in [0.2, 0.25) is 5.91 Å². The summed E-state index contributed by atoms with van der Waals surface area (Å²) in [4.78, 5) is 15.2. The number of halogens is 1. The Labute approximate surface area is 153 Å². The molecule has 1 aromatic rings. The minimum absolute atomic E-state index is 0. The molecule has 7 heteroatoms. The first-order chi connectivity index (χ1) is 10.6. The van der Waals surface area contributed by atoms with Gasteiger partial charge in [-0.05, 0) is 24.0 Å². The van der Waals surface area contributed by atoms with Crippen LogP contribution in [0.1, 0.15) is 12.0 Å². The van der Waals surface area contributed by atoms with E-state index in [1.807, 2.05) is 31.1 Å². The highest BCUT2D eigenvalue weighted by Crippen LogP contribution is 2.28. The van der Waals surface area contributed by atoms with E-state index >= 15 is 0 Å². The molecule has 4 nitrogen and oxygen atoms in total. The molecule has 1 aliphatic rings. The van der Waals surface area contributed by atoms with E-state index in [1.54, 1.807) is 23.8 Å². The largest absolute Gasteiger partial charge is 0.496 e. The number of nitrogens with zero attached hydrogens (tertiary/aromatic N) is 1. The van der Waals surface area contributed by atoms with Crippen LogP contribution in [-0.2, 0) is 11.3 Å². The molecule has 1 aliphatic heterocycles. The van der Waals surface area contributed by atoms with Crippen LogP contribution in [0.2, 0.25) is 0 Å². The van der Waals surface area contributed by atoms with E-state index in [2.05, 4.69) is 17.4 Å². The van der Waals surface area contributed by atoms with Crippen molar-refractivity contribution < 1.29 is 9.53 Å². The quantitative estimate of drug-likeness (QED) is 0.773. The molecular weight excluding hydrogens is 352 g/mol. The van der Waals surface area contributed by atoms with Crippen LogP contribution in [0.4, 0.5) is 0 Å². The highest BCUT2D eigenvalue weighted by Gasteiger charge is 2.19. The molecule has 0 aliphatic carbocycles. The monoisotopic (exact) mass is 376 g/mol. The van der Waals surface area contributed by atoms with Gasteiger partial charge in [-0.3, -0.25) is 4.79 Å². The summed E-state index contributed by atoms with van der Waals surface area (Å²) < 4.78 is 5.40. The van der Waals surface area contributed by atoms with Crippen LogP contribution < -0.4 is 10.1 Å². The molecule has 1 aromatic carbocycles. The summed E-state index contributed by atoms with van der Waals surface area (Å²) in [6, 6.07) is 6.44. The fourth-order valence-electron chi connectivity index (χ4n) is 2.46. The maximum atomic E-state index is 12.3. The van der Waals surface area contributed by atoms with Crippen LogP contribution in [-0.4, -0.2) is 55.3 Å². The summed E-state index contributed by atoms with van der Waals surface area (Å²) in [7, 11) is 3.55. The predicted octanol–water partition coefficient (Wildman–Crippen LogP) is 2.89. The van der Waals surface area contributed by atoms with Crippen LogP contribution in [0.3, 0.4) is 0 Å². The number of benzene rings is 1. The number of carbonyl (C=O) groups is 1. The molecule has 0 radical (unpaired) electrons. The van der Waals surface area contributed by atoms with E-state index in [1.165, 1.54) is 0 Å². The summed E-state index contributed by atoms with van der Waals surface area (Å²) in [5, 5.41) is 3.41.